The smallest absolute Gasteiger partial charge is 0.322 e. The molecule has 1 N–H and O–H groups in total. The number of ether oxygens (including phenoxy) is 2. The first-order valence-electron chi connectivity index (χ1n) is 7.94. The van der Waals surface area contributed by atoms with Crippen LogP contribution in [0.4, 0.5) is 10.5 Å². The SMILES string of the molecule is CCCOc1cc(C)ccc1NC(=O)N1CC(C)OC(C)C1. The monoisotopic (exact) mass is 306 g/mol. The third-order valence-corrected chi connectivity index (χ3v) is 3.55. The molecule has 1 fully saturated rings. The molecule has 1 aliphatic rings. The summed E-state index contributed by atoms with van der Waals surface area (Å²) in [6, 6.07) is 5.72. The molecular formula is C17H26N2O3. The molecule has 122 valence electrons. The fourth-order valence-electron chi connectivity index (χ4n) is 2.60. The van der Waals surface area contributed by atoms with Gasteiger partial charge in [0.15, 0.2) is 0 Å². The van der Waals surface area contributed by atoms with Gasteiger partial charge < -0.3 is 19.7 Å². The quantitative estimate of drug-likeness (QED) is 0.927. The highest BCUT2D eigenvalue weighted by Gasteiger charge is 2.26. The number of urea groups is 1. The van der Waals surface area contributed by atoms with Crippen molar-refractivity contribution in [2.75, 3.05) is 25.0 Å². The molecule has 1 aliphatic heterocycles. The summed E-state index contributed by atoms with van der Waals surface area (Å²) >= 11 is 0. The van der Waals surface area contributed by atoms with E-state index in [2.05, 4.69) is 12.2 Å². The molecule has 5 heteroatoms. The molecule has 2 rings (SSSR count). The van der Waals surface area contributed by atoms with E-state index < -0.39 is 0 Å². The van der Waals surface area contributed by atoms with Crippen LogP contribution in [0.1, 0.15) is 32.8 Å². The van der Waals surface area contributed by atoms with Crippen LogP contribution >= 0.6 is 0 Å². The van der Waals surface area contributed by atoms with Crippen LogP contribution in [0.15, 0.2) is 18.2 Å². The molecule has 1 aromatic rings. The lowest BCUT2D eigenvalue weighted by Gasteiger charge is -2.35. The third kappa shape index (κ3) is 4.37. The largest absolute Gasteiger partial charge is 0.491 e. The maximum absolute atomic E-state index is 12.5. The van der Waals surface area contributed by atoms with Gasteiger partial charge in [0.05, 0.1) is 24.5 Å². The van der Waals surface area contributed by atoms with E-state index in [1.165, 1.54) is 0 Å². The summed E-state index contributed by atoms with van der Waals surface area (Å²) in [5.74, 6) is 0.726. The summed E-state index contributed by atoms with van der Waals surface area (Å²) in [4.78, 5) is 14.3. The lowest BCUT2D eigenvalue weighted by molar-refractivity contribution is -0.0530. The van der Waals surface area contributed by atoms with Gasteiger partial charge in [-0.2, -0.15) is 0 Å². The predicted octanol–water partition coefficient (Wildman–Crippen LogP) is 3.42. The fraction of sp³-hybridized carbons (Fsp3) is 0.588. The van der Waals surface area contributed by atoms with E-state index in [0.717, 1.165) is 23.4 Å². The number of carbonyl (C=O) groups excluding carboxylic acids is 1. The Morgan fingerprint density at radius 2 is 2.05 bits per heavy atom. The predicted molar refractivity (Wildman–Crippen MR) is 87.6 cm³/mol. The molecular weight excluding hydrogens is 280 g/mol. The van der Waals surface area contributed by atoms with Gasteiger partial charge in [0.25, 0.3) is 0 Å². The van der Waals surface area contributed by atoms with Crippen LogP contribution in [-0.4, -0.2) is 42.8 Å². The number of anilines is 1. The fourth-order valence-corrected chi connectivity index (χ4v) is 2.60. The third-order valence-electron chi connectivity index (χ3n) is 3.55. The molecule has 2 amide bonds. The second-order valence-corrected chi connectivity index (χ2v) is 5.94. The van der Waals surface area contributed by atoms with Crippen molar-refractivity contribution in [2.45, 2.75) is 46.3 Å². The first-order valence-corrected chi connectivity index (χ1v) is 7.94. The first-order chi connectivity index (χ1) is 10.5. The van der Waals surface area contributed by atoms with Crippen molar-refractivity contribution in [2.24, 2.45) is 0 Å². The van der Waals surface area contributed by atoms with Gasteiger partial charge in [0, 0.05) is 13.1 Å². The molecule has 5 nitrogen and oxygen atoms in total. The van der Waals surface area contributed by atoms with Gasteiger partial charge in [-0.25, -0.2) is 4.79 Å². The Balaban J connectivity index is 2.07. The van der Waals surface area contributed by atoms with Gasteiger partial charge in [-0.05, 0) is 44.9 Å². The van der Waals surface area contributed by atoms with E-state index in [0.29, 0.717) is 19.7 Å². The molecule has 0 aliphatic carbocycles. The average Bonchev–Trinajstić information content (AvgIpc) is 2.46. The normalized spacial score (nSPS) is 21.5. The van der Waals surface area contributed by atoms with E-state index in [-0.39, 0.29) is 18.2 Å². The molecule has 0 saturated carbocycles. The highest BCUT2D eigenvalue weighted by molar-refractivity contribution is 5.91. The molecule has 1 saturated heterocycles. The zero-order valence-corrected chi connectivity index (χ0v) is 13.9. The Bertz CT molecular complexity index is 509. The van der Waals surface area contributed by atoms with Crippen molar-refractivity contribution in [3.63, 3.8) is 0 Å². The number of carbonyl (C=O) groups is 1. The van der Waals surface area contributed by atoms with Crippen LogP contribution in [0.2, 0.25) is 0 Å². The average molecular weight is 306 g/mol. The summed E-state index contributed by atoms with van der Waals surface area (Å²) < 4.78 is 11.4. The second kappa shape index (κ2) is 7.49. The van der Waals surface area contributed by atoms with Gasteiger partial charge in [-0.1, -0.05) is 13.0 Å². The zero-order valence-electron chi connectivity index (χ0n) is 13.9. The molecule has 1 heterocycles. The van der Waals surface area contributed by atoms with E-state index in [4.69, 9.17) is 9.47 Å². The number of nitrogens with one attached hydrogen (secondary N) is 1. The first kappa shape index (κ1) is 16.6. The molecule has 0 radical (unpaired) electrons. The van der Waals surface area contributed by atoms with Gasteiger partial charge in [0.2, 0.25) is 0 Å². The Kier molecular flexibility index (Phi) is 5.66. The number of aryl methyl sites for hydroxylation is 1. The Morgan fingerprint density at radius 1 is 1.36 bits per heavy atom. The number of amides is 2. The minimum atomic E-state index is -0.104. The van der Waals surface area contributed by atoms with Crippen molar-refractivity contribution in [3.8, 4) is 5.75 Å². The number of hydrogen-bond acceptors (Lipinski definition) is 3. The minimum absolute atomic E-state index is 0.0586. The van der Waals surface area contributed by atoms with Crippen molar-refractivity contribution >= 4 is 11.7 Å². The lowest BCUT2D eigenvalue weighted by Crippen LogP contribution is -2.49. The van der Waals surface area contributed by atoms with E-state index >= 15 is 0 Å². The number of benzene rings is 1. The van der Waals surface area contributed by atoms with Crippen LogP contribution in [0.3, 0.4) is 0 Å². The topological polar surface area (TPSA) is 50.8 Å². The summed E-state index contributed by atoms with van der Waals surface area (Å²) in [5, 5.41) is 2.96. The van der Waals surface area contributed by atoms with Crippen LogP contribution < -0.4 is 10.1 Å². The van der Waals surface area contributed by atoms with Crippen molar-refractivity contribution < 1.29 is 14.3 Å². The highest BCUT2D eigenvalue weighted by Crippen LogP contribution is 2.26. The number of hydrogen-bond donors (Lipinski definition) is 1. The van der Waals surface area contributed by atoms with Gasteiger partial charge in [-0.15, -0.1) is 0 Å². The van der Waals surface area contributed by atoms with Gasteiger partial charge >= 0.3 is 6.03 Å². The number of rotatable bonds is 4. The van der Waals surface area contributed by atoms with Crippen LogP contribution in [0, 0.1) is 6.92 Å². The van der Waals surface area contributed by atoms with E-state index in [1.807, 2.05) is 39.0 Å². The summed E-state index contributed by atoms with van der Waals surface area (Å²) in [6.07, 6.45) is 1.05. The van der Waals surface area contributed by atoms with Gasteiger partial charge in [0.1, 0.15) is 5.75 Å². The van der Waals surface area contributed by atoms with Crippen LogP contribution in [0.25, 0.3) is 0 Å². The Hall–Kier alpha value is -1.75. The summed E-state index contributed by atoms with van der Waals surface area (Å²) in [5.41, 5.74) is 1.83. The molecule has 0 spiro atoms. The van der Waals surface area contributed by atoms with Crippen LogP contribution in [0.5, 0.6) is 5.75 Å². The van der Waals surface area contributed by atoms with E-state index in [1.54, 1.807) is 4.90 Å². The zero-order chi connectivity index (χ0) is 16.1. The molecule has 22 heavy (non-hydrogen) atoms. The molecule has 2 atom stereocenters. The van der Waals surface area contributed by atoms with E-state index in [9.17, 15) is 4.79 Å². The summed E-state index contributed by atoms with van der Waals surface area (Å²) in [6.45, 7) is 9.88. The molecule has 0 aromatic heterocycles. The second-order valence-electron chi connectivity index (χ2n) is 5.94. The maximum atomic E-state index is 12.5. The van der Waals surface area contributed by atoms with Crippen molar-refractivity contribution in [3.05, 3.63) is 23.8 Å². The number of nitrogens with zero attached hydrogens (tertiary/aromatic N) is 1. The molecule has 1 aromatic carbocycles. The molecule has 2 unspecified atom stereocenters. The summed E-state index contributed by atoms with van der Waals surface area (Å²) in [7, 11) is 0. The van der Waals surface area contributed by atoms with Gasteiger partial charge in [-0.3, -0.25) is 0 Å². The van der Waals surface area contributed by atoms with Crippen LogP contribution in [-0.2, 0) is 4.74 Å². The Morgan fingerprint density at radius 3 is 2.68 bits per heavy atom. The minimum Gasteiger partial charge on any atom is -0.491 e. The van der Waals surface area contributed by atoms with Crippen molar-refractivity contribution in [1.29, 1.82) is 0 Å². The lowest BCUT2D eigenvalue weighted by atomic mass is 10.2. The standard InChI is InChI=1S/C17H26N2O3/c1-5-8-21-16-9-12(2)6-7-15(16)18-17(20)19-10-13(3)22-14(4)11-19/h6-7,9,13-14H,5,8,10-11H2,1-4H3,(H,18,20). The Labute approximate surface area is 132 Å². The maximum Gasteiger partial charge on any atom is 0.322 e. The highest BCUT2D eigenvalue weighted by atomic mass is 16.5. The van der Waals surface area contributed by atoms with Crippen molar-refractivity contribution in [1.82, 2.24) is 4.90 Å². The number of morpholine rings is 1. The molecule has 0 bridgehead atoms.